The summed E-state index contributed by atoms with van der Waals surface area (Å²) in [6.45, 7) is 11.7. The monoisotopic (exact) mass is 1110 g/mol. The summed E-state index contributed by atoms with van der Waals surface area (Å²) in [5, 5.41) is 32.5. The van der Waals surface area contributed by atoms with Gasteiger partial charge in [-0.15, -0.1) is 0 Å². The summed E-state index contributed by atoms with van der Waals surface area (Å²) >= 11 is 0. The number of carboxylic acids is 1. The summed E-state index contributed by atoms with van der Waals surface area (Å²) in [5.74, 6) is -0.660. The van der Waals surface area contributed by atoms with Gasteiger partial charge in [-0.2, -0.15) is 0 Å². The Labute approximate surface area is 485 Å². The zero-order valence-corrected chi connectivity index (χ0v) is 52.8. The standard InChI is InChI=1S/C26H52O2.C22H42O2.C18H34O2.C3H8O3/c1-3-5-7-9-11-12-13-14-15-16-17-18-19-20-22-24-26(27)28-25-23-21-10-8-6-4-2;1-3-5-7-8-9-10-11-12-13-14-15-16-17-18-19-20-22(23)24-21-6-4-2;1-2-3-4-5-6-7-8-9-10-11-12-13-14-15-16-17-18(19)20;4-1-3(6)2-5/h3-25H2,1-2H3;12-13H,3-11,14-21H2,1-2H3;9-10H,2-8,11-17H2,1H3,(H,19,20);3-6H,1-2H2. The van der Waals surface area contributed by atoms with Gasteiger partial charge in [0.05, 0.1) is 26.4 Å². The molecule has 4 N–H and O–H groups in total. The molecule has 0 amide bonds. The van der Waals surface area contributed by atoms with E-state index in [-0.39, 0.29) is 25.2 Å². The maximum atomic E-state index is 11.7. The molecule has 0 fully saturated rings. The summed E-state index contributed by atoms with van der Waals surface area (Å²) in [6.07, 6.45) is 72.9. The Morgan fingerprint density at radius 2 is 0.526 bits per heavy atom. The van der Waals surface area contributed by atoms with Gasteiger partial charge in [-0.3, -0.25) is 14.4 Å². The fourth-order valence-corrected chi connectivity index (χ4v) is 8.93. The van der Waals surface area contributed by atoms with Crippen LogP contribution in [0.5, 0.6) is 0 Å². The second-order valence-corrected chi connectivity index (χ2v) is 22.3. The smallest absolute Gasteiger partial charge is 0.305 e. The molecule has 0 saturated carbocycles. The van der Waals surface area contributed by atoms with Gasteiger partial charge in [-0.25, -0.2) is 0 Å². The summed E-state index contributed by atoms with van der Waals surface area (Å²) in [5.41, 5.74) is 0. The number of unbranched alkanes of at least 4 members (excludes halogenated alkanes) is 42. The molecule has 0 aliphatic heterocycles. The van der Waals surface area contributed by atoms with Crippen molar-refractivity contribution in [3.63, 3.8) is 0 Å². The number of hydrogen-bond donors (Lipinski definition) is 4. The molecule has 0 spiro atoms. The van der Waals surface area contributed by atoms with Crippen LogP contribution in [-0.2, 0) is 23.9 Å². The number of allylic oxidation sites excluding steroid dienone is 4. The molecular formula is C69H136O9. The van der Waals surface area contributed by atoms with E-state index in [4.69, 9.17) is 29.9 Å². The second kappa shape index (κ2) is 79.0. The molecule has 9 nitrogen and oxygen atoms in total. The van der Waals surface area contributed by atoms with Crippen molar-refractivity contribution in [2.75, 3.05) is 26.4 Å². The first-order valence-electron chi connectivity index (χ1n) is 33.9. The lowest BCUT2D eigenvalue weighted by Crippen LogP contribution is -2.15. The Hall–Kier alpha value is -2.23. The highest BCUT2D eigenvalue weighted by Crippen LogP contribution is 2.16. The van der Waals surface area contributed by atoms with Gasteiger partial charge in [0.2, 0.25) is 0 Å². The van der Waals surface area contributed by atoms with Gasteiger partial charge in [-0.05, 0) is 83.5 Å². The van der Waals surface area contributed by atoms with E-state index in [1.165, 1.54) is 263 Å². The molecular weight excluding hydrogens is 973 g/mol. The fourth-order valence-electron chi connectivity index (χ4n) is 8.93. The van der Waals surface area contributed by atoms with Crippen LogP contribution in [0.15, 0.2) is 24.3 Å². The summed E-state index contributed by atoms with van der Waals surface area (Å²) in [7, 11) is 0. The SMILES string of the molecule is CCCCCCCCC=CCCCCCCCC(=O)O.CCCCCCCCC=CCCCCCCCC(=O)OCCCC.CCCCCCCCCCCCCCCCCC(=O)OCCCCCCCC.OCC(O)CO. The van der Waals surface area contributed by atoms with Crippen molar-refractivity contribution in [2.24, 2.45) is 0 Å². The molecule has 0 aromatic carbocycles. The number of esters is 2. The molecule has 466 valence electrons. The topological polar surface area (TPSA) is 151 Å². The van der Waals surface area contributed by atoms with Crippen molar-refractivity contribution < 1.29 is 44.3 Å². The Bertz CT molecular complexity index is 1170. The average molecular weight is 1110 g/mol. The Morgan fingerprint density at radius 1 is 0.308 bits per heavy atom. The third kappa shape index (κ3) is 87.6. The van der Waals surface area contributed by atoms with Crippen LogP contribution in [0.2, 0.25) is 0 Å². The maximum Gasteiger partial charge on any atom is 0.305 e. The third-order valence-electron chi connectivity index (χ3n) is 14.2. The molecule has 0 heterocycles. The molecule has 78 heavy (non-hydrogen) atoms. The number of aliphatic carboxylic acids is 1. The minimum Gasteiger partial charge on any atom is -0.481 e. The van der Waals surface area contributed by atoms with Crippen molar-refractivity contribution in [2.45, 2.75) is 375 Å². The van der Waals surface area contributed by atoms with Crippen LogP contribution in [0.3, 0.4) is 0 Å². The van der Waals surface area contributed by atoms with Crippen LogP contribution >= 0.6 is 0 Å². The van der Waals surface area contributed by atoms with Crippen molar-refractivity contribution in [1.82, 2.24) is 0 Å². The quantitative estimate of drug-likeness (QED) is 0.0265. The third-order valence-corrected chi connectivity index (χ3v) is 14.2. The van der Waals surface area contributed by atoms with Gasteiger partial charge in [0.15, 0.2) is 0 Å². The van der Waals surface area contributed by atoms with Crippen LogP contribution < -0.4 is 0 Å². The van der Waals surface area contributed by atoms with Crippen LogP contribution in [0, 0.1) is 0 Å². The van der Waals surface area contributed by atoms with Crippen molar-refractivity contribution in [3.05, 3.63) is 24.3 Å². The van der Waals surface area contributed by atoms with Gasteiger partial charge in [0.25, 0.3) is 0 Å². The predicted molar refractivity (Wildman–Crippen MR) is 336 cm³/mol. The van der Waals surface area contributed by atoms with Crippen LogP contribution in [0.1, 0.15) is 369 Å². The molecule has 0 aliphatic rings. The number of carbonyl (C=O) groups excluding carboxylic acids is 2. The first-order chi connectivity index (χ1) is 38.2. The van der Waals surface area contributed by atoms with Crippen LogP contribution in [-0.4, -0.2) is 70.9 Å². The molecule has 0 bridgehead atoms. The van der Waals surface area contributed by atoms with E-state index in [1.807, 2.05) is 0 Å². The molecule has 0 aromatic rings. The maximum absolute atomic E-state index is 11.7. The van der Waals surface area contributed by atoms with Crippen LogP contribution in [0.4, 0.5) is 0 Å². The summed E-state index contributed by atoms with van der Waals surface area (Å²) < 4.78 is 10.5. The lowest BCUT2D eigenvalue weighted by atomic mass is 10.0. The largest absolute Gasteiger partial charge is 0.481 e. The Balaban J connectivity index is -0.000000504. The number of hydrogen-bond acceptors (Lipinski definition) is 8. The van der Waals surface area contributed by atoms with E-state index in [0.717, 1.165) is 51.4 Å². The van der Waals surface area contributed by atoms with E-state index in [1.54, 1.807) is 0 Å². The van der Waals surface area contributed by atoms with Gasteiger partial charge in [0.1, 0.15) is 6.10 Å². The molecule has 0 aliphatic carbocycles. The highest BCUT2D eigenvalue weighted by atomic mass is 16.5. The van der Waals surface area contributed by atoms with E-state index >= 15 is 0 Å². The van der Waals surface area contributed by atoms with E-state index in [2.05, 4.69) is 58.9 Å². The number of carboxylic acid groups (broad SMARTS) is 1. The first-order valence-corrected chi connectivity index (χ1v) is 33.9. The summed E-state index contributed by atoms with van der Waals surface area (Å²) in [4.78, 5) is 33.4. The van der Waals surface area contributed by atoms with Crippen molar-refractivity contribution in [3.8, 4) is 0 Å². The van der Waals surface area contributed by atoms with E-state index in [9.17, 15) is 14.4 Å². The lowest BCUT2D eigenvalue weighted by molar-refractivity contribution is -0.144. The lowest BCUT2D eigenvalue weighted by Gasteiger charge is -2.05. The fraction of sp³-hybridized carbons (Fsp3) is 0.899. The van der Waals surface area contributed by atoms with Crippen molar-refractivity contribution in [1.29, 1.82) is 0 Å². The second-order valence-electron chi connectivity index (χ2n) is 22.3. The number of carbonyl (C=O) groups is 3. The van der Waals surface area contributed by atoms with E-state index in [0.29, 0.717) is 32.5 Å². The van der Waals surface area contributed by atoms with Crippen LogP contribution in [0.25, 0.3) is 0 Å². The number of ether oxygens (including phenoxy) is 2. The van der Waals surface area contributed by atoms with Gasteiger partial charge in [0, 0.05) is 19.3 Å². The molecule has 0 atom stereocenters. The first kappa shape index (κ1) is 82.2. The van der Waals surface area contributed by atoms with Gasteiger partial charge >= 0.3 is 17.9 Å². The molecule has 0 unspecified atom stereocenters. The van der Waals surface area contributed by atoms with Gasteiger partial charge in [-0.1, -0.05) is 290 Å². The molecule has 0 aromatic heterocycles. The Morgan fingerprint density at radius 3 is 0.769 bits per heavy atom. The van der Waals surface area contributed by atoms with E-state index < -0.39 is 12.1 Å². The van der Waals surface area contributed by atoms with Gasteiger partial charge < -0.3 is 29.9 Å². The highest BCUT2D eigenvalue weighted by Gasteiger charge is 2.04. The highest BCUT2D eigenvalue weighted by molar-refractivity contribution is 5.69. The Kier molecular flexibility index (Phi) is 83.3. The molecule has 0 radical (unpaired) electrons. The zero-order valence-electron chi connectivity index (χ0n) is 52.8. The van der Waals surface area contributed by atoms with Crippen molar-refractivity contribution >= 4 is 17.9 Å². The minimum atomic E-state index is -0.954. The molecule has 0 rings (SSSR count). The predicted octanol–water partition coefficient (Wildman–Crippen LogP) is 21.0. The zero-order chi connectivity index (χ0) is 58.2. The minimum absolute atomic E-state index is 0.0129. The average Bonchev–Trinajstić information content (AvgIpc) is 3.44. The summed E-state index contributed by atoms with van der Waals surface area (Å²) in [6, 6.07) is 0. The number of aliphatic hydroxyl groups is 3. The molecule has 0 saturated heterocycles. The normalized spacial score (nSPS) is 11.1. The molecule has 9 heteroatoms. The number of aliphatic hydroxyl groups excluding tert-OH is 3. The number of rotatable bonds is 58.